The van der Waals surface area contributed by atoms with Crippen LogP contribution < -0.4 is 10.6 Å². The summed E-state index contributed by atoms with van der Waals surface area (Å²) in [4.78, 5) is 36.8. The quantitative estimate of drug-likeness (QED) is 0.198. The molecular weight excluding hydrogens is 550 g/mol. The van der Waals surface area contributed by atoms with Gasteiger partial charge >= 0.3 is 0 Å². The van der Waals surface area contributed by atoms with Crippen molar-refractivity contribution < 1.29 is 14.0 Å². The number of carbonyl (C=O) groups is 2. The number of rotatable bonds is 10. The molecule has 0 spiro atoms. The zero-order valence-electron chi connectivity index (χ0n) is 26.6. The summed E-state index contributed by atoms with van der Waals surface area (Å²) in [5, 5.41) is 6.39. The molecule has 1 aliphatic heterocycles. The molecule has 3 heterocycles. The Morgan fingerprint density at radius 1 is 0.977 bits per heavy atom. The number of nitrogens with zero attached hydrogens (tertiary/aromatic N) is 3. The fourth-order valence-corrected chi connectivity index (χ4v) is 5.20. The third kappa shape index (κ3) is 9.35. The molecule has 0 bridgehead atoms. The molecule has 0 saturated carbocycles. The van der Waals surface area contributed by atoms with Crippen molar-refractivity contribution in [1.82, 2.24) is 25.5 Å². The van der Waals surface area contributed by atoms with Gasteiger partial charge in [0, 0.05) is 43.2 Å². The summed E-state index contributed by atoms with van der Waals surface area (Å²) in [6.07, 6.45) is 7.92. The molecule has 2 amide bonds. The van der Waals surface area contributed by atoms with E-state index in [9.17, 15) is 9.59 Å². The van der Waals surface area contributed by atoms with Crippen LogP contribution in [0, 0.1) is 20.8 Å². The summed E-state index contributed by atoms with van der Waals surface area (Å²) in [7, 11) is 0. The normalized spacial score (nSPS) is 14.3. The Kier molecular flexibility index (Phi) is 11.8. The Morgan fingerprint density at radius 3 is 2.43 bits per heavy atom. The smallest absolute Gasteiger partial charge is 0.254 e. The summed E-state index contributed by atoms with van der Waals surface area (Å²) in [5.74, 6) is 0.754. The average Bonchev–Trinajstić information content (AvgIpc) is 3.68. The second kappa shape index (κ2) is 16.0. The van der Waals surface area contributed by atoms with Crippen LogP contribution in [-0.2, 0) is 6.54 Å². The summed E-state index contributed by atoms with van der Waals surface area (Å²) in [6.45, 7) is 12.9. The Morgan fingerprint density at radius 2 is 1.75 bits per heavy atom. The molecule has 1 aliphatic rings. The molecule has 0 aliphatic carbocycles. The van der Waals surface area contributed by atoms with Crippen LogP contribution in [0.4, 0.5) is 0 Å². The largest absolute Gasteiger partial charge is 0.446 e. The lowest BCUT2D eigenvalue weighted by atomic mass is 10.0. The van der Waals surface area contributed by atoms with Gasteiger partial charge in [0.2, 0.25) is 5.89 Å². The first-order valence-corrected chi connectivity index (χ1v) is 15.5. The molecule has 2 aromatic carbocycles. The topological polar surface area (TPSA) is 100 Å². The van der Waals surface area contributed by atoms with Gasteiger partial charge in [0.1, 0.15) is 12.3 Å². The van der Waals surface area contributed by atoms with Crippen molar-refractivity contribution in [3.63, 3.8) is 0 Å². The van der Waals surface area contributed by atoms with Crippen molar-refractivity contribution in [2.45, 2.75) is 72.4 Å². The minimum Gasteiger partial charge on any atom is -0.446 e. The van der Waals surface area contributed by atoms with E-state index >= 15 is 0 Å². The third-order valence-corrected chi connectivity index (χ3v) is 7.59. The Hall–Kier alpha value is -4.30. The fraction of sp³-hybridized carbons (Fsp3) is 0.389. The Bertz CT molecular complexity index is 1520. The van der Waals surface area contributed by atoms with E-state index in [2.05, 4.69) is 59.6 Å². The Labute approximate surface area is 261 Å². The molecule has 1 atom stereocenters. The molecule has 0 radical (unpaired) electrons. The molecule has 2 aromatic heterocycles. The number of hydrogen-bond donors (Lipinski definition) is 2. The molecular formula is C36H45N5O3. The first-order chi connectivity index (χ1) is 21.2. The van der Waals surface area contributed by atoms with Crippen LogP contribution in [0.3, 0.4) is 0 Å². The van der Waals surface area contributed by atoms with E-state index in [1.807, 2.05) is 56.6 Å². The van der Waals surface area contributed by atoms with Crippen molar-refractivity contribution in [1.29, 1.82) is 0 Å². The van der Waals surface area contributed by atoms with Gasteiger partial charge in [-0.15, -0.1) is 0 Å². The molecule has 1 fully saturated rings. The highest BCUT2D eigenvalue weighted by atomic mass is 16.3. The van der Waals surface area contributed by atoms with Crippen molar-refractivity contribution in [3.8, 4) is 0 Å². The van der Waals surface area contributed by atoms with E-state index in [1.165, 1.54) is 11.1 Å². The van der Waals surface area contributed by atoms with E-state index in [0.717, 1.165) is 49.2 Å². The van der Waals surface area contributed by atoms with Gasteiger partial charge in [-0.2, -0.15) is 0 Å². The second-order valence-corrected chi connectivity index (χ2v) is 11.8. The van der Waals surface area contributed by atoms with E-state index in [0.29, 0.717) is 36.0 Å². The van der Waals surface area contributed by atoms with Gasteiger partial charge in [-0.05, 0) is 87.4 Å². The van der Waals surface area contributed by atoms with Crippen LogP contribution in [0.15, 0.2) is 77.7 Å². The SMILES string of the molecule is Cc1cc(C(=O)NCCCNCc2cncc(C(C)C)c2)cc(C(=O)N2CCCC2c2nc(C)co2)c1.Cc1ccccc1. The minimum absolute atomic E-state index is 0.101. The highest BCUT2D eigenvalue weighted by Crippen LogP contribution is 2.33. The highest BCUT2D eigenvalue weighted by molar-refractivity contribution is 6.00. The number of amides is 2. The number of nitrogens with one attached hydrogen (secondary N) is 2. The maximum Gasteiger partial charge on any atom is 0.254 e. The van der Waals surface area contributed by atoms with Crippen LogP contribution in [-0.4, -0.2) is 46.3 Å². The number of oxazole rings is 1. The second-order valence-electron chi connectivity index (χ2n) is 11.8. The van der Waals surface area contributed by atoms with Crippen molar-refractivity contribution in [2.75, 3.05) is 19.6 Å². The van der Waals surface area contributed by atoms with Crippen LogP contribution in [0.5, 0.6) is 0 Å². The molecule has 1 saturated heterocycles. The lowest BCUT2D eigenvalue weighted by Gasteiger charge is -2.23. The summed E-state index contributed by atoms with van der Waals surface area (Å²) >= 11 is 0. The molecule has 1 unspecified atom stereocenters. The van der Waals surface area contributed by atoms with Crippen LogP contribution in [0.25, 0.3) is 0 Å². The number of likely N-dealkylation sites (tertiary alicyclic amines) is 1. The lowest BCUT2D eigenvalue weighted by molar-refractivity contribution is 0.0715. The van der Waals surface area contributed by atoms with Gasteiger partial charge in [-0.25, -0.2) is 4.98 Å². The number of benzene rings is 2. The number of pyridine rings is 1. The fourth-order valence-electron chi connectivity index (χ4n) is 5.20. The van der Waals surface area contributed by atoms with Crippen molar-refractivity contribution >= 4 is 11.8 Å². The zero-order valence-corrected chi connectivity index (χ0v) is 26.6. The van der Waals surface area contributed by atoms with E-state index in [1.54, 1.807) is 17.2 Å². The van der Waals surface area contributed by atoms with E-state index in [4.69, 9.17) is 4.42 Å². The predicted molar refractivity (Wildman–Crippen MR) is 174 cm³/mol. The Balaban J connectivity index is 0.000000555. The molecule has 4 aromatic rings. The lowest BCUT2D eigenvalue weighted by Crippen LogP contribution is -2.31. The molecule has 232 valence electrons. The molecule has 8 heteroatoms. The highest BCUT2D eigenvalue weighted by Gasteiger charge is 2.34. The number of hydrogen-bond acceptors (Lipinski definition) is 6. The predicted octanol–water partition coefficient (Wildman–Crippen LogP) is 6.69. The number of aromatic nitrogens is 2. The monoisotopic (exact) mass is 595 g/mol. The average molecular weight is 596 g/mol. The van der Waals surface area contributed by atoms with Gasteiger partial charge in [-0.3, -0.25) is 14.6 Å². The maximum absolute atomic E-state index is 13.4. The summed E-state index contributed by atoms with van der Waals surface area (Å²) < 4.78 is 5.58. The first kappa shape index (κ1) is 32.6. The standard InChI is InChI=1S/C29H37N5O3.C7H8/c1-19(2)25-13-22(16-31-17-25)15-30-8-6-9-32-27(35)23-11-20(3)12-24(14-23)29(36)34-10-5-7-26(34)28-33-21(4)18-37-28;1-7-5-3-2-4-6-7/h11-14,16-19,26,30H,5-10,15H2,1-4H3,(H,32,35);2-6H,1H3. The van der Waals surface area contributed by atoms with Gasteiger partial charge in [0.05, 0.1) is 5.69 Å². The number of carbonyl (C=O) groups excluding carboxylic acids is 2. The molecule has 44 heavy (non-hydrogen) atoms. The van der Waals surface area contributed by atoms with E-state index in [-0.39, 0.29) is 17.9 Å². The minimum atomic E-state index is -0.173. The van der Waals surface area contributed by atoms with Crippen LogP contribution in [0.2, 0.25) is 0 Å². The molecule has 8 nitrogen and oxygen atoms in total. The van der Waals surface area contributed by atoms with E-state index < -0.39 is 0 Å². The number of aryl methyl sites for hydroxylation is 3. The molecule has 5 rings (SSSR count). The maximum atomic E-state index is 13.4. The summed E-state index contributed by atoms with van der Waals surface area (Å²) in [5.41, 5.74) is 6.40. The zero-order chi connectivity index (χ0) is 31.5. The molecule has 2 N–H and O–H groups in total. The van der Waals surface area contributed by atoms with Crippen LogP contribution in [0.1, 0.15) is 99.6 Å². The van der Waals surface area contributed by atoms with Gasteiger partial charge in [0.15, 0.2) is 0 Å². The summed E-state index contributed by atoms with van der Waals surface area (Å²) in [6, 6.07) is 17.6. The first-order valence-electron chi connectivity index (χ1n) is 15.5. The van der Waals surface area contributed by atoms with Gasteiger partial charge in [-0.1, -0.05) is 55.8 Å². The van der Waals surface area contributed by atoms with Crippen LogP contribution >= 0.6 is 0 Å². The third-order valence-electron chi connectivity index (χ3n) is 7.59. The van der Waals surface area contributed by atoms with Crippen molar-refractivity contribution in [3.05, 3.63) is 118 Å². The van der Waals surface area contributed by atoms with Crippen molar-refractivity contribution in [2.24, 2.45) is 0 Å². The van der Waals surface area contributed by atoms with Gasteiger partial charge < -0.3 is 20.0 Å². The van der Waals surface area contributed by atoms with Gasteiger partial charge in [0.25, 0.3) is 11.8 Å².